The van der Waals surface area contributed by atoms with Crippen molar-refractivity contribution >= 4 is 17.2 Å². The largest absolute Gasteiger partial charge is 0.345 e. The van der Waals surface area contributed by atoms with Gasteiger partial charge in [-0.3, -0.25) is 9.78 Å². The van der Waals surface area contributed by atoms with Gasteiger partial charge in [0.05, 0.1) is 24.1 Å². The van der Waals surface area contributed by atoms with E-state index in [1.54, 1.807) is 23.3 Å². The topological polar surface area (TPSA) is 90.5 Å². The first-order chi connectivity index (χ1) is 12.7. The highest BCUT2D eigenvalue weighted by molar-refractivity contribution is 7.16. The lowest BCUT2D eigenvalue weighted by molar-refractivity contribution is 0.0953. The van der Waals surface area contributed by atoms with Crippen LogP contribution in [0, 0.1) is 6.92 Å². The maximum absolute atomic E-state index is 12.5. The number of aryl methyl sites for hydroxylation is 1. The van der Waals surface area contributed by atoms with E-state index in [4.69, 9.17) is 0 Å². The molecule has 0 atom stereocenters. The Morgan fingerprint density at radius 2 is 2.00 bits per heavy atom. The zero-order chi connectivity index (χ0) is 17.9. The third-order valence-corrected chi connectivity index (χ3v) is 4.88. The lowest BCUT2D eigenvalue weighted by Crippen LogP contribution is -2.22. The molecule has 0 aliphatic rings. The Morgan fingerprint density at radius 3 is 2.77 bits per heavy atom. The number of amides is 1. The molecule has 4 heterocycles. The molecule has 0 aliphatic heterocycles. The van der Waals surface area contributed by atoms with Gasteiger partial charge in [0.1, 0.15) is 10.6 Å². The van der Waals surface area contributed by atoms with Crippen LogP contribution in [0.15, 0.2) is 55.2 Å². The minimum atomic E-state index is -0.170. The van der Waals surface area contributed by atoms with Crippen LogP contribution in [-0.2, 0) is 6.54 Å². The average Bonchev–Trinajstić information content (AvgIpc) is 3.41. The van der Waals surface area contributed by atoms with Crippen molar-refractivity contribution in [3.63, 3.8) is 0 Å². The molecule has 0 bridgehead atoms. The van der Waals surface area contributed by atoms with Crippen LogP contribution in [0.1, 0.15) is 21.1 Å². The molecule has 0 saturated carbocycles. The van der Waals surface area contributed by atoms with E-state index in [1.807, 2.05) is 48.1 Å². The maximum atomic E-state index is 12.5. The summed E-state index contributed by atoms with van der Waals surface area (Å²) in [6.45, 7) is 2.12. The van der Waals surface area contributed by atoms with E-state index >= 15 is 0 Å². The number of thiazole rings is 1. The summed E-state index contributed by atoms with van der Waals surface area (Å²) in [5, 5.41) is 11.8. The van der Waals surface area contributed by atoms with Crippen LogP contribution in [0.2, 0.25) is 0 Å². The van der Waals surface area contributed by atoms with Gasteiger partial charge < -0.3 is 9.88 Å². The zero-order valence-corrected chi connectivity index (χ0v) is 14.7. The monoisotopic (exact) mass is 365 g/mol. The highest BCUT2D eigenvalue weighted by Gasteiger charge is 2.16. The molecule has 0 aromatic carbocycles. The second-order valence-corrected chi connectivity index (χ2v) is 6.52. The Kier molecular flexibility index (Phi) is 4.28. The van der Waals surface area contributed by atoms with E-state index in [0.29, 0.717) is 22.8 Å². The first kappa shape index (κ1) is 16.2. The van der Waals surface area contributed by atoms with E-state index in [-0.39, 0.29) is 5.91 Å². The molecule has 0 aliphatic carbocycles. The van der Waals surface area contributed by atoms with Crippen LogP contribution in [0.5, 0.6) is 0 Å². The smallest absolute Gasteiger partial charge is 0.263 e. The SMILES string of the molecule is Cc1nc(-n2cccc2)sc1C(=O)NCc1cn(-c2ccncc2)nn1. The predicted octanol–water partition coefficient (Wildman–Crippen LogP) is 2.15. The van der Waals surface area contributed by atoms with Gasteiger partial charge in [-0.1, -0.05) is 16.6 Å². The number of rotatable bonds is 5. The lowest BCUT2D eigenvalue weighted by atomic mass is 10.3. The Bertz CT molecular complexity index is 1020. The van der Waals surface area contributed by atoms with E-state index in [2.05, 4.69) is 25.6 Å². The Balaban J connectivity index is 1.44. The molecule has 0 saturated heterocycles. The normalized spacial score (nSPS) is 10.8. The van der Waals surface area contributed by atoms with E-state index in [0.717, 1.165) is 10.8 Å². The highest BCUT2D eigenvalue weighted by atomic mass is 32.1. The van der Waals surface area contributed by atoms with E-state index in [1.165, 1.54) is 11.3 Å². The molecule has 0 spiro atoms. The minimum Gasteiger partial charge on any atom is -0.345 e. The van der Waals surface area contributed by atoms with Crippen molar-refractivity contribution in [2.24, 2.45) is 0 Å². The second-order valence-electron chi connectivity index (χ2n) is 5.54. The molecule has 0 unspecified atom stereocenters. The van der Waals surface area contributed by atoms with Crippen molar-refractivity contribution in [3.8, 4) is 10.8 Å². The number of pyridine rings is 1. The molecule has 26 heavy (non-hydrogen) atoms. The number of nitrogens with zero attached hydrogens (tertiary/aromatic N) is 6. The summed E-state index contributed by atoms with van der Waals surface area (Å²) in [4.78, 5) is 21.5. The van der Waals surface area contributed by atoms with Crippen molar-refractivity contribution < 1.29 is 4.79 Å². The van der Waals surface area contributed by atoms with Crippen molar-refractivity contribution in [1.82, 2.24) is 34.8 Å². The summed E-state index contributed by atoms with van der Waals surface area (Å²) in [6.07, 6.45) is 8.95. The third kappa shape index (κ3) is 3.24. The number of hydrogen-bond donors (Lipinski definition) is 1. The summed E-state index contributed by atoms with van der Waals surface area (Å²) in [6, 6.07) is 7.51. The molecule has 1 N–H and O–H groups in total. The molecular formula is C17H15N7OS. The molecule has 1 amide bonds. The average molecular weight is 365 g/mol. The second kappa shape index (κ2) is 6.89. The van der Waals surface area contributed by atoms with E-state index < -0.39 is 0 Å². The minimum absolute atomic E-state index is 0.170. The van der Waals surface area contributed by atoms with Gasteiger partial charge >= 0.3 is 0 Å². The number of hydrogen-bond acceptors (Lipinski definition) is 6. The lowest BCUT2D eigenvalue weighted by Gasteiger charge is -2.01. The predicted molar refractivity (Wildman–Crippen MR) is 96.5 cm³/mol. The Morgan fingerprint density at radius 1 is 1.23 bits per heavy atom. The zero-order valence-electron chi connectivity index (χ0n) is 13.9. The fraction of sp³-hybridized carbons (Fsp3) is 0.118. The van der Waals surface area contributed by atoms with Crippen molar-refractivity contribution in [3.05, 3.63) is 71.5 Å². The van der Waals surface area contributed by atoms with Crippen LogP contribution < -0.4 is 5.32 Å². The quantitative estimate of drug-likeness (QED) is 0.585. The van der Waals surface area contributed by atoms with Crippen LogP contribution >= 0.6 is 11.3 Å². The van der Waals surface area contributed by atoms with Crippen molar-refractivity contribution in [2.45, 2.75) is 13.5 Å². The Hall–Kier alpha value is -3.33. The summed E-state index contributed by atoms with van der Waals surface area (Å²) in [7, 11) is 0. The summed E-state index contributed by atoms with van der Waals surface area (Å²) in [5.41, 5.74) is 2.24. The molecule has 4 rings (SSSR count). The van der Waals surface area contributed by atoms with Gasteiger partial charge in [-0.05, 0) is 31.2 Å². The third-order valence-electron chi connectivity index (χ3n) is 3.72. The van der Waals surface area contributed by atoms with Gasteiger partial charge in [0.15, 0.2) is 5.13 Å². The molecule has 0 radical (unpaired) electrons. The summed E-state index contributed by atoms with van der Waals surface area (Å²) >= 11 is 1.35. The molecule has 4 aromatic heterocycles. The summed E-state index contributed by atoms with van der Waals surface area (Å²) in [5.74, 6) is -0.170. The standard InChI is InChI=1S/C17H15N7OS/c1-12-15(26-17(20-12)23-8-2-3-9-23)16(25)19-10-13-11-24(22-21-13)14-4-6-18-7-5-14/h2-9,11H,10H2,1H3,(H,19,25). The van der Waals surface area contributed by atoms with E-state index in [9.17, 15) is 4.79 Å². The van der Waals surface area contributed by atoms with Crippen LogP contribution in [-0.4, -0.2) is 35.4 Å². The van der Waals surface area contributed by atoms with Gasteiger partial charge in [0, 0.05) is 24.8 Å². The van der Waals surface area contributed by atoms with Gasteiger partial charge in [-0.15, -0.1) is 5.10 Å². The van der Waals surface area contributed by atoms with Gasteiger partial charge in [0.2, 0.25) is 0 Å². The van der Waals surface area contributed by atoms with Crippen LogP contribution in [0.3, 0.4) is 0 Å². The number of carbonyl (C=O) groups excluding carboxylic acids is 1. The maximum Gasteiger partial charge on any atom is 0.263 e. The van der Waals surface area contributed by atoms with Crippen LogP contribution in [0.4, 0.5) is 0 Å². The molecule has 4 aromatic rings. The fourth-order valence-electron chi connectivity index (χ4n) is 2.42. The van der Waals surface area contributed by atoms with Crippen LogP contribution in [0.25, 0.3) is 10.8 Å². The molecule has 8 nitrogen and oxygen atoms in total. The summed E-state index contributed by atoms with van der Waals surface area (Å²) < 4.78 is 3.53. The van der Waals surface area contributed by atoms with Gasteiger partial charge in [-0.2, -0.15) is 0 Å². The molecule has 9 heteroatoms. The van der Waals surface area contributed by atoms with Gasteiger partial charge in [-0.25, -0.2) is 9.67 Å². The number of carbonyl (C=O) groups is 1. The van der Waals surface area contributed by atoms with Crippen molar-refractivity contribution in [2.75, 3.05) is 0 Å². The molecule has 0 fully saturated rings. The number of nitrogens with one attached hydrogen (secondary N) is 1. The first-order valence-corrected chi connectivity index (χ1v) is 8.73. The molecule has 130 valence electrons. The first-order valence-electron chi connectivity index (χ1n) is 7.91. The molecular weight excluding hydrogens is 350 g/mol. The van der Waals surface area contributed by atoms with Gasteiger partial charge in [0.25, 0.3) is 5.91 Å². The highest BCUT2D eigenvalue weighted by Crippen LogP contribution is 2.21. The Labute approximate surface area is 153 Å². The number of aromatic nitrogens is 6. The van der Waals surface area contributed by atoms with Crippen molar-refractivity contribution in [1.29, 1.82) is 0 Å². The fourth-order valence-corrected chi connectivity index (χ4v) is 3.37.